The lowest BCUT2D eigenvalue weighted by Crippen LogP contribution is -2.65. The molecule has 6 nitrogen and oxygen atoms in total. The summed E-state index contributed by atoms with van der Waals surface area (Å²) in [6.07, 6.45) is 7.39. The number of nitrogens with zero attached hydrogens (tertiary/aromatic N) is 4. The van der Waals surface area contributed by atoms with Crippen LogP contribution in [0.5, 0.6) is 6.01 Å². The van der Waals surface area contributed by atoms with Crippen LogP contribution >= 0.6 is 0 Å². The normalized spacial score (nSPS) is 23.0. The third-order valence-corrected chi connectivity index (χ3v) is 4.65. The second-order valence-corrected chi connectivity index (χ2v) is 6.75. The Kier molecular flexibility index (Phi) is 4.16. The van der Waals surface area contributed by atoms with E-state index in [9.17, 15) is 0 Å². The van der Waals surface area contributed by atoms with Gasteiger partial charge in [-0.1, -0.05) is 6.07 Å². The Balaban J connectivity index is 1.33. The number of pyridine rings is 1. The minimum Gasteiger partial charge on any atom is -0.460 e. The van der Waals surface area contributed by atoms with Gasteiger partial charge in [-0.15, -0.1) is 0 Å². The monoisotopic (exact) mass is 326 g/mol. The summed E-state index contributed by atoms with van der Waals surface area (Å²) in [7, 11) is 0. The molecule has 6 heteroatoms. The average Bonchev–Trinajstić information content (AvgIpc) is 2.55. The van der Waals surface area contributed by atoms with E-state index in [0.29, 0.717) is 6.01 Å². The van der Waals surface area contributed by atoms with Gasteiger partial charge in [-0.25, -0.2) is 9.97 Å². The fourth-order valence-electron chi connectivity index (χ4n) is 3.57. The summed E-state index contributed by atoms with van der Waals surface area (Å²) in [5, 5.41) is 0. The van der Waals surface area contributed by atoms with Crippen molar-refractivity contribution in [1.29, 1.82) is 0 Å². The predicted molar refractivity (Wildman–Crippen MR) is 88.6 cm³/mol. The summed E-state index contributed by atoms with van der Waals surface area (Å²) >= 11 is 0. The second-order valence-electron chi connectivity index (χ2n) is 6.75. The Morgan fingerprint density at radius 2 is 2.25 bits per heavy atom. The van der Waals surface area contributed by atoms with Gasteiger partial charge in [0.25, 0.3) is 0 Å². The largest absolute Gasteiger partial charge is 0.460 e. The first-order valence-corrected chi connectivity index (χ1v) is 8.42. The van der Waals surface area contributed by atoms with Crippen molar-refractivity contribution in [2.45, 2.75) is 38.0 Å². The maximum Gasteiger partial charge on any atom is 0.316 e. The van der Waals surface area contributed by atoms with Crippen molar-refractivity contribution in [3.05, 3.63) is 48.0 Å². The van der Waals surface area contributed by atoms with Crippen molar-refractivity contribution in [2.24, 2.45) is 0 Å². The third kappa shape index (κ3) is 3.39. The van der Waals surface area contributed by atoms with Gasteiger partial charge in [0.1, 0.15) is 6.10 Å². The molecule has 4 rings (SSSR count). The van der Waals surface area contributed by atoms with Crippen LogP contribution in [-0.2, 0) is 11.3 Å². The SMILES string of the molecule is Cc1ccnc(O[C@H]2CCOC3(C2)CN(Cc2cccnc2)C3)n1. The number of hydrogen-bond donors (Lipinski definition) is 0. The molecule has 0 radical (unpaired) electrons. The van der Waals surface area contributed by atoms with Crippen LogP contribution in [0.2, 0.25) is 0 Å². The quantitative estimate of drug-likeness (QED) is 0.856. The molecule has 0 amide bonds. The van der Waals surface area contributed by atoms with Gasteiger partial charge in [-0.05, 0) is 24.6 Å². The van der Waals surface area contributed by atoms with Crippen molar-refractivity contribution in [2.75, 3.05) is 19.7 Å². The maximum atomic E-state index is 6.08. The van der Waals surface area contributed by atoms with Gasteiger partial charge in [-0.2, -0.15) is 0 Å². The highest BCUT2D eigenvalue weighted by Crippen LogP contribution is 2.36. The van der Waals surface area contributed by atoms with E-state index in [2.05, 4.69) is 25.9 Å². The number of likely N-dealkylation sites (tertiary alicyclic amines) is 1. The van der Waals surface area contributed by atoms with Crippen LogP contribution in [-0.4, -0.2) is 51.3 Å². The molecule has 1 spiro atoms. The molecule has 126 valence electrons. The highest BCUT2D eigenvalue weighted by molar-refractivity contribution is 5.11. The van der Waals surface area contributed by atoms with Gasteiger partial charge in [0.2, 0.25) is 0 Å². The Bertz CT molecular complexity index is 688. The van der Waals surface area contributed by atoms with Crippen LogP contribution < -0.4 is 4.74 Å². The standard InChI is InChI=1S/C18H22N4O2/c1-14-4-7-20-17(21-14)24-16-5-8-23-18(9-16)12-22(13-18)11-15-3-2-6-19-10-15/h2-4,6-7,10,16H,5,8-9,11-13H2,1H3/t16-/m0/s1. The molecule has 0 bridgehead atoms. The van der Waals surface area contributed by atoms with Crippen LogP contribution in [0.25, 0.3) is 0 Å². The van der Waals surface area contributed by atoms with Gasteiger partial charge >= 0.3 is 6.01 Å². The lowest BCUT2D eigenvalue weighted by molar-refractivity contribution is -0.188. The number of aromatic nitrogens is 3. The second kappa shape index (κ2) is 6.45. The fourth-order valence-corrected chi connectivity index (χ4v) is 3.57. The minimum atomic E-state index is -0.0745. The molecule has 0 N–H and O–H groups in total. The lowest BCUT2D eigenvalue weighted by atomic mass is 9.84. The topological polar surface area (TPSA) is 60.4 Å². The number of aryl methyl sites for hydroxylation is 1. The summed E-state index contributed by atoms with van der Waals surface area (Å²) in [6.45, 7) is 5.48. The molecule has 4 heterocycles. The van der Waals surface area contributed by atoms with Crippen molar-refractivity contribution in [1.82, 2.24) is 19.9 Å². The van der Waals surface area contributed by atoms with E-state index in [0.717, 1.165) is 44.8 Å². The Labute approximate surface area is 141 Å². The molecule has 2 aliphatic heterocycles. The van der Waals surface area contributed by atoms with Crippen LogP contribution in [0.15, 0.2) is 36.8 Å². The molecule has 2 fully saturated rings. The number of hydrogen-bond acceptors (Lipinski definition) is 6. The highest BCUT2D eigenvalue weighted by atomic mass is 16.5. The van der Waals surface area contributed by atoms with E-state index < -0.39 is 0 Å². The zero-order valence-electron chi connectivity index (χ0n) is 13.9. The van der Waals surface area contributed by atoms with E-state index >= 15 is 0 Å². The van der Waals surface area contributed by atoms with E-state index in [-0.39, 0.29) is 11.7 Å². The maximum absolute atomic E-state index is 6.08. The summed E-state index contributed by atoms with van der Waals surface area (Å²) in [5.74, 6) is 0. The predicted octanol–water partition coefficient (Wildman–Crippen LogP) is 1.99. The first-order chi connectivity index (χ1) is 11.7. The molecular weight excluding hydrogens is 304 g/mol. The number of rotatable bonds is 4. The van der Waals surface area contributed by atoms with Gasteiger partial charge in [0.15, 0.2) is 0 Å². The smallest absolute Gasteiger partial charge is 0.316 e. The molecule has 2 saturated heterocycles. The van der Waals surface area contributed by atoms with Crippen molar-refractivity contribution >= 4 is 0 Å². The van der Waals surface area contributed by atoms with Crippen LogP contribution in [0.4, 0.5) is 0 Å². The summed E-state index contributed by atoms with van der Waals surface area (Å²) in [5.41, 5.74) is 2.09. The minimum absolute atomic E-state index is 0.0745. The van der Waals surface area contributed by atoms with Crippen molar-refractivity contribution in [3.63, 3.8) is 0 Å². The molecule has 0 unspecified atom stereocenters. The van der Waals surface area contributed by atoms with Crippen LogP contribution in [0.3, 0.4) is 0 Å². The summed E-state index contributed by atoms with van der Waals surface area (Å²) < 4.78 is 12.1. The summed E-state index contributed by atoms with van der Waals surface area (Å²) in [6, 6.07) is 6.44. The molecule has 1 atom stereocenters. The van der Waals surface area contributed by atoms with Gasteiger partial charge in [0, 0.05) is 56.8 Å². The van der Waals surface area contributed by atoms with Crippen LogP contribution in [0, 0.1) is 6.92 Å². The number of ether oxygens (including phenoxy) is 2. The van der Waals surface area contributed by atoms with E-state index in [1.165, 1.54) is 5.56 Å². The molecular formula is C18H22N4O2. The average molecular weight is 326 g/mol. The van der Waals surface area contributed by atoms with Gasteiger partial charge in [0.05, 0.1) is 12.2 Å². The first kappa shape index (κ1) is 15.5. The van der Waals surface area contributed by atoms with E-state index in [1.807, 2.05) is 25.3 Å². The zero-order valence-corrected chi connectivity index (χ0v) is 13.9. The highest BCUT2D eigenvalue weighted by Gasteiger charge is 2.48. The molecule has 2 aliphatic rings. The van der Waals surface area contributed by atoms with Gasteiger partial charge < -0.3 is 9.47 Å². The van der Waals surface area contributed by atoms with E-state index in [1.54, 1.807) is 12.4 Å². The Morgan fingerprint density at radius 1 is 1.33 bits per heavy atom. The molecule has 0 saturated carbocycles. The first-order valence-electron chi connectivity index (χ1n) is 8.42. The third-order valence-electron chi connectivity index (χ3n) is 4.65. The lowest BCUT2D eigenvalue weighted by Gasteiger charge is -2.53. The van der Waals surface area contributed by atoms with Gasteiger partial charge in [-0.3, -0.25) is 9.88 Å². The Hall–Kier alpha value is -2.05. The fraction of sp³-hybridized carbons (Fsp3) is 0.500. The van der Waals surface area contributed by atoms with E-state index in [4.69, 9.17) is 9.47 Å². The molecule has 2 aromatic rings. The summed E-state index contributed by atoms with van der Waals surface area (Å²) in [4.78, 5) is 15.1. The molecule has 0 aromatic carbocycles. The zero-order chi connectivity index (χ0) is 16.4. The molecule has 2 aromatic heterocycles. The van der Waals surface area contributed by atoms with Crippen LogP contribution in [0.1, 0.15) is 24.1 Å². The van der Waals surface area contributed by atoms with Crippen molar-refractivity contribution in [3.8, 4) is 6.01 Å². The van der Waals surface area contributed by atoms with Crippen molar-refractivity contribution < 1.29 is 9.47 Å². The Morgan fingerprint density at radius 3 is 3.04 bits per heavy atom. The molecule has 0 aliphatic carbocycles. The molecule has 24 heavy (non-hydrogen) atoms.